The highest BCUT2D eigenvalue weighted by atomic mass is 32.1. The molecule has 1 saturated heterocycles. The molecule has 1 unspecified atom stereocenters. The van der Waals surface area contributed by atoms with Crippen molar-refractivity contribution in [2.75, 3.05) is 24.6 Å². The number of carbonyl (C=O) groups excluding carboxylic acids is 1. The molecular weight excluding hydrogens is 350 g/mol. The van der Waals surface area contributed by atoms with E-state index in [1.54, 1.807) is 11.3 Å². The minimum Gasteiger partial charge on any atom is -0.374 e. The van der Waals surface area contributed by atoms with Gasteiger partial charge in [-0.25, -0.2) is 4.98 Å². The van der Waals surface area contributed by atoms with Gasteiger partial charge in [-0.1, -0.05) is 23.5 Å². The summed E-state index contributed by atoms with van der Waals surface area (Å²) < 4.78 is 5.62. The Kier molecular flexibility index (Phi) is 4.52. The van der Waals surface area contributed by atoms with E-state index in [9.17, 15) is 4.79 Å². The van der Waals surface area contributed by atoms with Gasteiger partial charge in [0.1, 0.15) is 15.8 Å². The van der Waals surface area contributed by atoms with E-state index in [0.29, 0.717) is 13.2 Å². The minimum absolute atomic E-state index is 0.186. The van der Waals surface area contributed by atoms with Gasteiger partial charge in [-0.3, -0.25) is 4.79 Å². The number of morpholine rings is 1. The molecule has 2 N–H and O–H groups in total. The maximum absolute atomic E-state index is 11.2. The van der Waals surface area contributed by atoms with E-state index >= 15 is 0 Å². The predicted octanol–water partition coefficient (Wildman–Crippen LogP) is 2.14. The Morgan fingerprint density at radius 1 is 1.35 bits per heavy atom. The van der Waals surface area contributed by atoms with Gasteiger partial charge in [0.2, 0.25) is 5.91 Å². The predicted molar refractivity (Wildman–Crippen MR) is 101 cm³/mol. The second kappa shape index (κ2) is 6.97. The van der Waals surface area contributed by atoms with Crippen LogP contribution in [0.1, 0.15) is 11.4 Å². The first-order valence-electron chi connectivity index (χ1n) is 8.43. The number of benzene rings is 1. The number of nitrogens with zero attached hydrogens (tertiary/aromatic N) is 4. The van der Waals surface area contributed by atoms with Crippen LogP contribution in [0.25, 0.3) is 21.3 Å². The fourth-order valence-corrected chi connectivity index (χ4v) is 3.81. The molecule has 0 radical (unpaired) electrons. The Labute approximate surface area is 154 Å². The molecule has 1 fully saturated rings. The van der Waals surface area contributed by atoms with E-state index in [0.717, 1.165) is 38.7 Å². The van der Waals surface area contributed by atoms with E-state index in [1.165, 1.54) is 0 Å². The lowest BCUT2D eigenvalue weighted by molar-refractivity contribution is -0.121. The van der Waals surface area contributed by atoms with E-state index < -0.39 is 0 Å². The summed E-state index contributed by atoms with van der Waals surface area (Å²) in [7, 11) is 0. The van der Waals surface area contributed by atoms with Gasteiger partial charge in [-0.2, -0.15) is 0 Å². The van der Waals surface area contributed by atoms with E-state index in [-0.39, 0.29) is 18.4 Å². The third kappa shape index (κ3) is 3.51. The molecule has 3 aromatic rings. The number of pyridine rings is 1. The number of aryl methyl sites for hydroxylation is 1. The van der Waals surface area contributed by atoms with E-state index in [1.807, 2.05) is 25.3 Å². The summed E-state index contributed by atoms with van der Waals surface area (Å²) in [5.74, 6) is 0.529. The summed E-state index contributed by atoms with van der Waals surface area (Å²) in [4.78, 5) is 17.9. The topological polar surface area (TPSA) is 94.2 Å². The first-order chi connectivity index (χ1) is 12.6. The maximum atomic E-state index is 11.2. The monoisotopic (exact) mass is 369 g/mol. The Hall–Kier alpha value is -2.58. The number of nitrogens with two attached hydrogens (primary N) is 1. The Bertz CT molecular complexity index is 958. The first kappa shape index (κ1) is 16.9. The molecule has 1 aliphatic heterocycles. The van der Waals surface area contributed by atoms with Crippen molar-refractivity contribution in [3.63, 3.8) is 0 Å². The standard InChI is InChI=1S/C18H19N5O2S/c1-11-21-22-18(26-11)12-2-3-13-9-20-17(7-14(13)6-12)23-4-5-25-15(10-23)8-16(19)24/h2-3,6-7,9,15H,4-5,8,10H2,1H3,(H2,19,24). The SMILES string of the molecule is Cc1nnc(-c2ccc3cnc(N4CCOC(CC(N)=O)C4)cc3c2)s1. The van der Waals surface area contributed by atoms with Crippen LogP contribution in [0.3, 0.4) is 0 Å². The number of ether oxygens (including phenoxy) is 1. The zero-order chi connectivity index (χ0) is 18.1. The molecule has 0 bridgehead atoms. The lowest BCUT2D eigenvalue weighted by Gasteiger charge is -2.33. The molecule has 2 aromatic heterocycles. The number of amides is 1. The molecule has 0 saturated carbocycles. The van der Waals surface area contributed by atoms with Crippen LogP contribution >= 0.6 is 11.3 Å². The van der Waals surface area contributed by atoms with Gasteiger partial charge in [-0.15, -0.1) is 10.2 Å². The second-order valence-electron chi connectivity index (χ2n) is 6.34. The minimum atomic E-state index is -0.347. The van der Waals surface area contributed by atoms with Crippen LogP contribution in [0.2, 0.25) is 0 Å². The van der Waals surface area contributed by atoms with Gasteiger partial charge >= 0.3 is 0 Å². The van der Waals surface area contributed by atoms with E-state index in [4.69, 9.17) is 10.5 Å². The Balaban J connectivity index is 1.62. The van der Waals surface area contributed by atoms with Crippen LogP contribution in [0.5, 0.6) is 0 Å². The molecule has 0 spiro atoms. The van der Waals surface area contributed by atoms with Crippen LogP contribution in [-0.4, -0.2) is 46.9 Å². The lowest BCUT2D eigenvalue weighted by atomic mass is 10.1. The molecule has 26 heavy (non-hydrogen) atoms. The smallest absolute Gasteiger partial charge is 0.220 e. The van der Waals surface area contributed by atoms with Crippen LogP contribution in [0.4, 0.5) is 5.82 Å². The summed E-state index contributed by atoms with van der Waals surface area (Å²) >= 11 is 1.58. The average Bonchev–Trinajstić information content (AvgIpc) is 3.07. The number of hydrogen-bond donors (Lipinski definition) is 1. The van der Waals surface area contributed by atoms with Gasteiger partial charge in [0, 0.05) is 30.2 Å². The zero-order valence-electron chi connectivity index (χ0n) is 14.4. The maximum Gasteiger partial charge on any atom is 0.220 e. The van der Waals surface area contributed by atoms with E-state index in [2.05, 4.69) is 32.2 Å². The number of carbonyl (C=O) groups is 1. The molecule has 1 amide bonds. The third-order valence-corrected chi connectivity index (χ3v) is 5.26. The second-order valence-corrected chi connectivity index (χ2v) is 7.52. The molecule has 3 heterocycles. The highest BCUT2D eigenvalue weighted by molar-refractivity contribution is 7.14. The lowest BCUT2D eigenvalue weighted by Crippen LogP contribution is -2.44. The quantitative estimate of drug-likeness (QED) is 0.757. The first-order valence-corrected chi connectivity index (χ1v) is 9.25. The average molecular weight is 369 g/mol. The number of fused-ring (bicyclic) bond motifs is 1. The molecule has 134 valence electrons. The molecule has 1 aliphatic rings. The van der Waals surface area contributed by atoms with Gasteiger partial charge in [-0.05, 0) is 24.4 Å². The number of aromatic nitrogens is 3. The van der Waals surface area contributed by atoms with Crippen LogP contribution < -0.4 is 10.6 Å². The van der Waals surface area contributed by atoms with Crippen molar-refractivity contribution in [3.8, 4) is 10.6 Å². The molecular formula is C18H19N5O2S. The van der Waals surface area contributed by atoms with Gasteiger partial charge in [0.25, 0.3) is 0 Å². The summed E-state index contributed by atoms with van der Waals surface area (Å²) in [5, 5.41) is 12.3. The van der Waals surface area contributed by atoms with Crippen molar-refractivity contribution in [2.45, 2.75) is 19.4 Å². The van der Waals surface area contributed by atoms with Crippen LogP contribution in [-0.2, 0) is 9.53 Å². The van der Waals surface area contributed by atoms with Crippen LogP contribution in [0, 0.1) is 6.92 Å². The largest absolute Gasteiger partial charge is 0.374 e. The number of anilines is 1. The molecule has 1 aromatic carbocycles. The summed E-state index contributed by atoms with van der Waals surface area (Å²) in [5.41, 5.74) is 6.34. The van der Waals surface area contributed by atoms with Crippen molar-refractivity contribution in [2.24, 2.45) is 5.73 Å². The molecule has 7 nitrogen and oxygen atoms in total. The van der Waals surface area contributed by atoms with Crippen LogP contribution in [0.15, 0.2) is 30.5 Å². The fraction of sp³-hybridized carbons (Fsp3) is 0.333. The Morgan fingerprint density at radius 2 is 2.23 bits per heavy atom. The van der Waals surface area contributed by atoms with Crippen molar-refractivity contribution in [1.29, 1.82) is 0 Å². The molecule has 4 rings (SSSR count). The Morgan fingerprint density at radius 3 is 3.00 bits per heavy atom. The summed E-state index contributed by atoms with van der Waals surface area (Å²) in [6.07, 6.45) is 1.91. The highest BCUT2D eigenvalue weighted by Gasteiger charge is 2.23. The normalized spacial score (nSPS) is 17.6. The molecule has 0 aliphatic carbocycles. The number of rotatable bonds is 4. The van der Waals surface area contributed by atoms with Crippen molar-refractivity contribution < 1.29 is 9.53 Å². The van der Waals surface area contributed by atoms with Gasteiger partial charge < -0.3 is 15.4 Å². The third-order valence-electron chi connectivity index (χ3n) is 4.37. The highest BCUT2D eigenvalue weighted by Crippen LogP contribution is 2.28. The summed E-state index contributed by atoms with van der Waals surface area (Å²) in [6.45, 7) is 3.85. The number of hydrogen-bond acceptors (Lipinski definition) is 7. The number of primary amides is 1. The van der Waals surface area contributed by atoms with Crippen molar-refractivity contribution in [3.05, 3.63) is 35.5 Å². The summed E-state index contributed by atoms with van der Waals surface area (Å²) in [6, 6.07) is 8.27. The van der Waals surface area contributed by atoms with Gasteiger partial charge in [0.15, 0.2) is 0 Å². The van der Waals surface area contributed by atoms with Gasteiger partial charge in [0.05, 0.1) is 19.1 Å². The fourth-order valence-electron chi connectivity index (χ4n) is 3.12. The molecule has 1 atom stereocenters. The van der Waals surface area contributed by atoms with Crippen molar-refractivity contribution >= 4 is 33.8 Å². The van der Waals surface area contributed by atoms with Crippen molar-refractivity contribution in [1.82, 2.24) is 15.2 Å². The molecule has 8 heteroatoms. The zero-order valence-corrected chi connectivity index (χ0v) is 15.2.